The van der Waals surface area contributed by atoms with Gasteiger partial charge in [-0.3, -0.25) is 24.0 Å². The summed E-state index contributed by atoms with van der Waals surface area (Å²) in [6, 6.07) is -0.240. The summed E-state index contributed by atoms with van der Waals surface area (Å²) in [6.07, 6.45) is -7.11. The lowest BCUT2D eigenvalue weighted by Gasteiger charge is -2.46. The third-order valence-corrected chi connectivity index (χ3v) is 11.7. The lowest BCUT2D eigenvalue weighted by molar-refractivity contribution is -0.294. The van der Waals surface area contributed by atoms with Crippen molar-refractivity contribution in [1.82, 2.24) is 4.90 Å². The zero-order valence-corrected chi connectivity index (χ0v) is 34.2. The normalized spacial score (nSPS) is 44.0. The topological polar surface area (TPSA) is 175 Å². The molecule has 0 saturated carbocycles. The highest BCUT2D eigenvalue weighted by Crippen LogP contribution is 2.44. The molecule has 0 amide bonds. The minimum atomic E-state index is -1.18. The van der Waals surface area contributed by atoms with Gasteiger partial charge in [-0.05, 0) is 60.5 Å². The molecule has 54 heavy (non-hydrogen) atoms. The number of ether oxygens (including phenoxy) is 9. The number of cyclic esters (lactones) is 1. The van der Waals surface area contributed by atoms with E-state index < -0.39 is 108 Å². The van der Waals surface area contributed by atoms with Crippen LogP contribution in [-0.4, -0.2) is 135 Å². The number of carbonyl (C=O) groups excluding carboxylic acids is 5. The molecule has 1 spiro atoms. The molecule has 0 aromatic heterocycles. The van der Waals surface area contributed by atoms with Gasteiger partial charge in [-0.1, -0.05) is 27.7 Å². The van der Waals surface area contributed by atoms with Crippen LogP contribution in [0.25, 0.3) is 0 Å². The van der Waals surface area contributed by atoms with Gasteiger partial charge in [0.05, 0.1) is 42.8 Å². The van der Waals surface area contributed by atoms with Gasteiger partial charge in [0.2, 0.25) is 0 Å². The summed E-state index contributed by atoms with van der Waals surface area (Å²) in [5, 5.41) is 0. The van der Waals surface area contributed by atoms with Gasteiger partial charge in [0.15, 0.2) is 35.9 Å². The molecule has 0 radical (unpaired) electrons. The summed E-state index contributed by atoms with van der Waals surface area (Å²) in [5.74, 6) is -5.39. The highest BCUT2D eigenvalue weighted by atomic mass is 16.7. The molecule has 4 fully saturated rings. The molecule has 0 unspecified atom stereocenters. The lowest BCUT2D eigenvalue weighted by atomic mass is 9.76. The Kier molecular flexibility index (Phi) is 14.9. The van der Waals surface area contributed by atoms with Gasteiger partial charge in [-0.15, -0.1) is 0 Å². The summed E-state index contributed by atoms with van der Waals surface area (Å²) >= 11 is 0. The number of epoxide rings is 1. The molecule has 308 valence electrons. The van der Waals surface area contributed by atoms with E-state index >= 15 is 0 Å². The van der Waals surface area contributed by atoms with E-state index in [1.54, 1.807) is 34.6 Å². The predicted octanol–water partition coefficient (Wildman–Crippen LogP) is 3.26. The van der Waals surface area contributed by atoms with Crippen LogP contribution in [-0.2, 0) is 66.6 Å². The summed E-state index contributed by atoms with van der Waals surface area (Å²) < 4.78 is 55.1. The average Bonchev–Trinajstić information content (AvgIpc) is 3.88. The molecule has 4 heterocycles. The van der Waals surface area contributed by atoms with Crippen molar-refractivity contribution in [2.45, 2.75) is 162 Å². The highest BCUT2D eigenvalue weighted by molar-refractivity contribution is 5.92. The van der Waals surface area contributed by atoms with Gasteiger partial charge in [-0.2, -0.15) is 0 Å². The Balaban J connectivity index is 1.82. The first-order chi connectivity index (χ1) is 25.2. The molecule has 0 aliphatic carbocycles. The van der Waals surface area contributed by atoms with Gasteiger partial charge in [-0.25, -0.2) is 0 Å². The molecular weight excluding hydrogens is 706 g/mol. The van der Waals surface area contributed by atoms with Gasteiger partial charge >= 0.3 is 17.9 Å². The second kappa shape index (κ2) is 18.2. The zero-order valence-electron chi connectivity index (χ0n) is 34.2. The molecule has 0 aromatic rings. The van der Waals surface area contributed by atoms with Crippen molar-refractivity contribution in [3.05, 3.63) is 0 Å². The van der Waals surface area contributed by atoms with Crippen molar-refractivity contribution in [3.63, 3.8) is 0 Å². The Bertz CT molecular complexity index is 1350. The van der Waals surface area contributed by atoms with E-state index in [1.807, 2.05) is 39.8 Å². The summed E-state index contributed by atoms with van der Waals surface area (Å²) in [7, 11) is 5.24. The number of likely N-dealkylation sites (N-methyl/N-ethyl adjacent to an activating group) is 1. The van der Waals surface area contributed by atoms with Gasteiger partial charge in [0, 0.05) is 39.2 Å². The Morgan fingerprint density at radius 3 is 1.94 bits per heavy atom. The molecule has 4 rings (SSSR count). The molecule has 0 N–H and O–H groups in total. The van der Waals surface area contributed by atoms with E-state index in [0.717, 1.165) is 0 Å². The SMILES string of the molecule is CO[C@@H]1C[C@H](O[C@H]2[C@@H](C)[C@@H](O[C@@H]3O[C@H](C)C[C@H](N(C)C)[C@H]3OC(C)=O)[C@@H](C)C[C@@]3(CO3)C(=O)[C@H](C)[C@@H](OC(C)=O)[C@@H](C)[C@@H](C)OC(=O)[C@H]2C)O[C@H](C)C1=O. The third kappa shape index (κ3) is 10.1. The van der Waals surface area contributed by atoms with Crippen molar-refractivity contribution < 1.29 is 66.6 Å². The molecule has 15 heteroatoms. The minimum Gasteiger partial charge on any atom is -0.462 e. The molecule has 0 bridgehead atoms. The zero-order chi connectivity index (χ0) is 40.4. The van der Waals surface area contributed by atoms with E-state index in [0.29, 0.717) is 6.42 Å². The van der Waals surface area contributed by atoms with Gasteiger partial charge in [0.1, 0.15) is 24.4 Å². The van der Waals surface area contributed by atoms with Crippen molar-refractivity contribution in [2.24, 2.45) is 29.6 Å². The number of esters is 3. The fourth-order valence-corrected chi connectivity index (χ4v) is 8.45. The summed E-state index contributed by atoms with van der Waals surface area (Å²) in [6.45, 7) is 17.0. The van der Waals surface area contributed by atoms with Crippen LogP contribution in [0.15, 0.2) is 0 Å². The standard InChI is InChI=1S/C39H63NO14/c1-18-16-39(17-47-39)36(44)22(5)33(51-26(9)41)20(3)24(7)50-37(45)23(6)34(53-30-15-29(46-13)31(43)25(8)49-30)21(4)32(18)54-38-35(52-27(10)42)28(40(11)12)14-19(2)48-38/h18-25,28-30,32-35,38H,14-17H2,1-13H3/t18-,19+,20-,21-,22+,23-,24+,25+,28-,29+,30-,32-,33-,34-,35+,38-,39+/m0/s1. The van der Waals surface area contributed by atoms with Crippen molar-refractivity contribution in [3.8, 4) is 0 Å². The first-order valence-corrected chi connectivity index (χ1v) is 19.3. The van der Waals surface area contributed by atoms with E-state index in [9.17, 15) is 24.0 Å². The van der Waals surface area contributed by atoms with E-state index in [-0.39, 0.29) is 43.2 Å². The fraction of sp³-hybridized carbons (Fsp3) is 0.872. The maximum Gasteiger partial charge on any atom is 0.311 e. The Hall–Kier alpha value is -2.53. The first kappa shape index (κ1) is 44.2. The molecule has 17 atom stereocenters. The number of ketones is 2. The van der Waals surface area contributed by atoms with E-state index in [4.69, 9.17) is 42.6 Å². The smallest absolute Gasteiger partial charge is 0.311 e. The first-order valence-electron chi connectivity index (χ1n) is 19.3. The number of methoxy groups -OCH3 is 1. The molecule has 0 aromatic carbocycles. The maximum absolute atomic E-state index is 14.3. The largest absolute Gasteiger partial charge is 0.462 e. The molecule has 4 saturated heterocycles. The number of hydrogen-bond acceptors (Lipinski definition) is 15. The van der Waals surface area contributed by atoms with E-state index in [1.165, 1.54) is 21.0 Å². The Morgan fingerprint density at radius 1 is 0.778 bits per heavy atom. The Morgan fingerprint density at radius 2 is 1.39 bits per heavy atom. The molecular formula is C39H63NO14. The highest BCUT2D eigenvalue weighted by Gasteiger charge is 2.58. The van der Waals surface area contributed by atoms with Crippen LogP contribution in [0.3, 0.4) is 0 Å². The van der Waals surface area contributed by atoms with Crippen LogP contribution >= 0.6 is 0 Å². The summed E-state index contributed by atoms with van der Waals surface area (Å²) in [5.41, 5.74) is -1.18. The minimum absolute atomic E-state index is 0.0921. The number of carbonyl (C=O) groups is 5. The van der Waals surface area contributed by atoms with Gasteiger partial charge < -0.3 is 47.5 Å². The quantitative estimate of drug-likeness (QED) is 0.200. The van der Waals surface area contributed by atoms with Crippen LogP contribution in [0.1, 0.15) is 88.5 Å². The lowest BCUT2D eigenvalue weighted by Crippen LogP contribution is -2.58. The second-order valence-corrected chi connectivity index (χ2v) is 16.3. The maximum atomic E-state index is 14.3. The number of Topliss-reactive ketones (excluding diaryl/α,β-unsaturated/α-hetero) is 2. The third-order valence-electron chi connectivity index (χ3n) is 11.7. The van der Waals surface area contributed by atoms with Crippen molar-refractivity contribution in [2.75, 3.05) is 27.8 Å². The molecule has 15 nitrogen and oxygen atoms in total. The number of hydrogen-bond donors (Lipinski definition) is 0. The van der Waals surface area contributed by atoms with Crippen molar-refractivity contribution in [1.29, 1.82) is 0 Å². The monoisotopic (exact) mass is 769 g/mol. The van der Waals surface area contributed by atoms with Crippen LogP contribution in [0.2, 0.25) is 0 Å². The predicted molar refractivity (Wildman–Crippen MR) is 192 cm³/mol. The summed E-state index contributed by atoms with van der Waals surface area (Å²) in [4.78, 5) is 68.0. The van der Waals surface area contributed by atoms with Crippen molar-refractivity contribution >= 4 is 29.5 Å². The van der Waals surface area contributed by atoms with Crippen LogP contribution in [0, 0.1) is 29.6 Å². The second-order valence-electron chi connectivity index (χ2n) is 16.3. The van der Waals surface area contributed by atoms with Crippen LogP contribution in [0.4, 0.5) is 0 Å². The number of nitrogens with zero attached hydrogens (tertiary/aromatic N) is 1. The fourth-order valence-electron chi connectivity index (χ4n) is 8.45. The van der Waals surface area contributed by atoms with Crippen LogP contribution < -0.4 is 0 Å². The van der Waals surface area contributed by atoms with E-state index in [2.05, 4.69) is 0 Å². The average molecular weight is 770 g/mol. The van der Waals surface area contributed by atoms with Gasteiger partial charge in [0.25, 0.3) is 0 Å². The molecule has 4 aliphatic heterocycles. The molecule has 4 aliphatic rings. The Labute approximate surface area is 319 Å². The van der Waals surface area contributed by atoms with Crippen LogP contribution in [0.5, 0.6) is 0 Å². The number of rotatable bonds is 8.